The van der Waals surface area contributed by atoms with Crippen LogP contribution in [0.1, 0.15) is 38.8 Å². The number of benzene rings is 1. The Bertz CT molecular complexity index is 559. The molecule has 1 amide bonds. The fourth-order valence-electron chi connectivity index (χ4n) is 2.34. The molecule has 0 aliphatic rings. The number of esters is 1. The highest BCUT2D eigenvalue weighted by atomic mass is 32.2. The molecule has 0 fully saturated rings. The summed E-state index contributed by atoms with van der Waals surface area (Å²) in [7, 11) is 1.29. The van der Waals surface area contributed by atoms with Crippen LogP contribution in [0.3, 0.4) is 0 Å². The zero-order chi connectivity index (χ0) is 18.1. The lowest BCUT2D eigenvalue weighted by Gasteiger charge is -2.22. The average Bonchev–Trinajstić information content (AvgIpc) is 2.55. The number of carbonyl (C=O) groups excluding carboxylic acids is 3. The van der Waals surface area contributed by atoms with Gasteiger partial charge in [0.25, 0.3) is 0 Å². The van der Waals surface area contributed by atoms with Gasteiger partial charge in [-0.15, -0.1) is 0 Å². The molecule has 0 saturated heterocycles. The van der Waals surface area contributed by atoms with Crippen LogP contribution in [0.2, 0.25) is 0 Å². The first kappa shape index (κ1) is 20.2. The monoisotopic (exact) mass is 351 g/mol. The Hall–Kier alpha value is -1.82. The molecular formula is C18H25NO4S. The van der Waals surface area contributed by atoms with Gasteiger partial charge >= 0.3 is 5.97 Å². The summed E-state index contributed by atoms with van der Waals surface area (Å²) < 4.78 is 4.81. The Labute approximate surface area is 147 Å². The molecule has 0 spiro atoms. The lowest BCUT2D eigenvalue weighted by molar-refractivity contribution is -0.145. The molecule has 0 bridgehead atoms. The number of nitrogens with one attached hydrogen (secondary N) is 1. The minimum atomic E-state index is -0.847. The Kier molecular flexibility index (Phi) is 8.54. The van der Waals surface area contributed by atoms with Gasteiger partial charge in [0.2, 0.25) is 5.91 Å². The highest BCUT2D eigenvalue weighted by molar-refractivity contribution is 8.13. The van der Waals surface area contributed by atoms with Gasteiger partial charge in [-0.05, 0) is 17.9 Å². The Balaban J connectivity index is 2.90. The van der Waals surface area contributed by atoms with E-state index in [4.69, 9.17) is 4.74 Å². The van der Waals surface area contributed by atoms with Crippen LogP contribution in [-0.4, -0.2) is 29.9 Å². The number of thioether (sulfide) groups is 1. The topological polar surface area (TPSA) is 72.5 Å². The van der Waals surface area contributed by atoms with Crippen LogP contribution in [0.5, 0.6) is 0 Å². The lowest BCUT2D eigenvalue weighted by Crippen LogP contribution is -2.39. The normalized spacial score (nSPS) is 13.2. The van der Waals surface area contributed by atoms with Gasteiger partial charge in [-0.3, -0.25) is 9.59 Å². The fourth-order valence-corrected chi connectivity index (χ4v) is 3.06. The summed E-state index contributed by atoms with van der Waals surface area (Å²) in [5.74, 6) is -0.382. The molecule has 0 aromatic heterocycles. The van der Waals surface area contributed by atoms with Gasteiger partial charge in [-0.1, -0.05) is 55.9 Å². The highest BCUT2D eigenvalue weighted by Crippen LogP contribution is 2.21. The van der Waals surface area contributed by atoms with Crippen molar-refractivity contribution in [2.24, 2.45) is 11.8 Å². The summed E-state index contributed by atoms with van der Waals surface area (Å²) in [6, 6.07) is 8.13. The first-order chi connectivity index (χ1) is 11.3. The summed E-state index contributed by atoms with van der Waals surface area (Å²) >= 11 is 1.13. The molecule has 5 nitrogen and oxygen atoms in total. The number of hydrogen-bond donors (Lipinski definition) is 1. The van der Waals surface area contributed by atoms with Gasteiger partial charge in [-0.25, -0.2) is 4.79 Å². The van der Waals surface area contributed by atoms with Crippen molar-refractivity contribution in [2.75, 3.05) is 12.9 Å². The largest absolute Gasteiger partial charge is 0.467 e. The Morgan fingerprint density at radius 2 is 1.79 bits per heavy atom. The van der Waals surface area contributed by atoms with E-state index in [-0.39, 0.29) is 16.9 Å². The quantitative estimate of drug-likeness (QED) is 0.729. The molecule has 1 aromatic carbocycles. The van der Waals surface area contributed by atoms with Crippen molar-refractivity contribution < 1.29 is 19.1 Å². The standard InChI is InChI=1S/C18H25NO4S/c1-12(2)10-15(11-24-13(3)20)17(21)19-16(18(22)23-4)14-8-6-5-7-9-14/h5-9,12,15-16H,10-11H2,1-4H3,(H,19,21)/t15?,16-/m1/s1. The van der Waals surface area contributed by atoms with E-state index >= 15 is 0 Å². The number of hydrogen-bond acceptors (Lipinski definition) is 5. The van der Waals surface area contributed by atoms with E-state index in [9.17, 15) is 14.4 Å². The maximum absolute atomic E-state index is 12.7. The predicted octanol–water partition coefficient (Wildman–Crippen LogP) is 2.96. The van der Waals surface area contributed by atoms with Crippen molar-refractivity contribution in [1.29, 1.82) is 0 Å². The molecule has 2 atom stereocenters. The van der Waals surface area contributed by atoms with Crippen molar-refractivity contribution in [3.63, 3.8) is 0 Å². The molecule has 0 saturated carbocycles. The molecule has 0 heterocycles. The van der Waals surface area contributed by atoms with Crippen LogP contribution in [0, 0.1) is 11.8 Å². The summed E-state index contributed by atoms with van der Waals surface area (Å²) in [5.41, 5.74) is 0.667. The van der Waals surface area contributed by atoms with Gasteiger partial charge in [0.05, 0.1) is 7.11 Å². The van der Waals surface area contributed by atoms with Crippen LogP contribution in [-0.2, 0) is 19.1 Å². The van der Waals surface area contributed by atoms with Crippen molar-refractivity contribution >= 4 is 28.8 Å². The third-order valence-corrected chi connectivity index (χ3v) is 4.45. The lowest BCUT2D eigenvalue weighted by atomic mass is 9.97. The SMILES string of the molecule is COC(=O)[C@H](NC(=O)C(CSC(C)=O)CC(C)C)c1ccccc1. The molecule has 24 heavy (non-hydrogen) atoms. The second-order valence-electron chi connectivity index (χ2n) is 6.00. The summed E-state index contributed by atoms with van der Waals surface area (Å²) in [4.78, 5) is 35.9. The maximum atomic E-state index is 12.7. The number of rotatable bonds is 8. The molecule has 0 aliphatic carbocycles. The highest BCUT2D eigenvalue weighted by Gasteiger charge is 2.28. The van der Waals surface area contributed by atoms with Crippen LogP contribution >= 0.6 is 11.8 Å². The summed E-state index contributed by atoms with van der Waals surface area (Å²) in [5, 5.41) is 2.75. The second kappa shape index (κ2) is 10.1. The third kappa shape index (κ3) is 6.74. The van der Waals surface area contributed by atoms with E-state index in [2.05, 4.69) is 5.32 Å². The molecular weight excluding hydrogens is 326 g/mol. The Morgan fingerprint density at radius 3 is 2.29 bits per heavy atom. The van der Waals surface area contributed by atoms with E-state index in [0.29, 0.717) is 23.7 Å². The minimum absolute atomic E-state index is 0.0240. The molecule has 1 unspecified atom stereocenters. The fraction of sp³-hybridized carbons (Fsp3) is 0.500. The average molecular weight is 351 g/mol. The van der Waals surface area contributed by atoms with Gasteiger partial charge in [0.15, 0.2) is 11.2 Å². The number of carbonyl (C=O) groups is 3. The molecule has 0 radical (unpaired) electrons. The molecule has 1 rings (SSSR count). The van der Waals surface area contributed by atoms with Crippen LogP contribution in [0.15, 0.2) is 30.3 Å². The van der Waals surface area contributed by atoms with E-state index in [0.717, 1.165) is 11.8 Å². The van der Waals surface area contributed by atoms with Gasteiger partial charge in [0, 0.05) is 18.6 Å². The first-order valence-corrected chi connectivity index (χ1v) is 8.90. The number of ether oxygens (including phenoxy) is 1. The van der Waals surface area contributed by atoms with Crippen molar-refractivity contribution in [2.45, 2.75) is 33.2 Å². The van der Waals surface area contributed by atoms with E-state index in [1.54, 1.807) is 24.3 Å². The molecule has 0 aliphatic heterocycles. The molecule has 1 aromatic rings. The first-order valence-electron chi connectivity index (χ1n) is 7.91. The van der Waals surface area contributed by atoms with Crippen LogP contribution in [0.4, 0.5) is 0 Å². The minimum Gasteiger partial charge on any atom is -0.467 e. The van der Waals surface area contributed by atoms with Gasteiger partial charge < -0.3 is 10.1 Å². The molecule has 132 valence electrons. The van der Waals surface area contributed by atoms with Crippen molar-refractivity contribution in [3.05, 3.63) is 35.9 Å². The van der Waals surface area contributed by atoms with E-state index < -0.39 is 12.0 Å². The van der Waals surface area contributed by atoms with Gasteiger partial charge in [-0.2, -0.15) is 0 Å². The van der Waals surface area contributed by atoms with E-state index in [1.807, 2.05) is 19.9 Å². The van der Waals surface area contributed by atoms with E-state index in [1.165, 1.54) is 14.0 Å². The maximum Gasteiger partial charge on any atom is 0.333 e. The third-order valence-electron chi connectivity index (χ3n) is 3.47. The van der Waals surface area contributed by atoms with Crippen molar-refractivity contribution in [1.82, 2.24) is 5.32 Å². The van der Waals surface area contributed by atoms with Crippen LogP contribution in [0.25, 0.3) is 0 Å². The number of methoxy groups -OCH3 is 1. The molecule has 1 N–H and O–H groups in total. The van der Waals surface area contributed by atoms with Gasteiger partial charge in [0.1, 0.15) is 0 Å². The summed E-state index contributed by atoms with van der Waals surface area (Å²) in [6.45, 7) is 5.53. The summed E-state index contributed by atoms with van der Waals surface area (Å²) in [6.07, 6.45) is 0.648. The predicted molar refractivity (Wildman–Crippen MR) is 95.4 cm³/mol. The number of amides is 1. The molecule has 6 heteroatoms. The van der Waals surface area contributed by atoms with Crippen LogP contribution < -0.4 is 5.32 Å². The zero-order valence-electron chi connectivity index (χ0n) is 14.6. The second-order valence-corrected chi connectivity index (χ2v) is 7.20. The zero-order valence-corrected chi connectivity index (χ0v) is 15.4. The van der Waals surface area contributed by atoms with Crippen molar-refractivity contribution in [3.8, 4) is 0 Å². The Morgan fingerprint density at radius 1 is 1.17 bits per heavy atom. The smallest absolute Gasteiger partial charge is 0.333 e.